The molecule has 0 aromatic heterocycles. The Hall–Kier alpha value is -0.570. The highest BCUT2D eigenvalue weighted by Crippen LogP contribution is 2.25. The van der Waals surface area contributed by atoms with Gasteiger partial charge in [-0.2, -0.15) is 0 Å². The molecule has 1 heterocycles. The zero-order valence-corrected chi connectivity index (χ0v) is 11.0. The highest BCUT2D eigenvalue weighted by molar-refractivity contribution is 5.73. The summed E-state index contributed by atoms with van der Waals surface area (Å²) < 4.78 is 0. The van der Waals surface area contributed by atoms with Crippen molar-refractivity contribution in [2.45, 2.75) is 40.5 Å². The Balaban J connectivity index is 2.36. The number of hydrogen-bond donors (Lipinski definition) is 1. The first-order chi connectivity index (χ1) is 7.33. The maximum absolute atomic E-state index is 11.0. The summed E-state index contributed by atoms with van der Waals surface area (Å²) in [5, 5.41) is 9.05. The summed E-state index contributed by atoms with van der Waals surface area (Å²) in [7, 11) is 0. The van der Waals surface area contributed by atoms with Gasteiger partial charge in [-0.15, -0.1) is 0 Å². The predicted molar refractivity (Wildman–Crippen MR) is 65.4 cm³/mol. The molecule has 0 aromatic carbocycles. The fourth-order valence-corrected chi connectivity index (χ4v) is 2.10. The summed E-state index contributed by atoms with van der Waals surface area (Å²) in [6, 6.07) is 0. The lowest BCUT2D eigenvalue weighted by atomic mass is 9.86. The number of carboxylic acid groups (broad SMARTS) is 1. The van der Waals surface area contributed by atoms with Crippen molar-refractivity contribution in [1.29, 1.82) is 0 Å². The van der Waals surface area contributed by atoms with Crippen LogP contribution in [0.15, 0.2) is 0 Å². The average Bonchev–Trinajstić information content (AvgIpc) is 2.20. The summed E-state index contributed by atoms with van der Waals surface area (Å²) in [6.45, 7) is 11.4. The molecule has 94 valence electrons. The maximum Gasteiger partial charge on any atom is 0.309 e. The Kier molecular flexibility index (Phi) is 4.36. The molecule has 0 radical (unpaired) electrons. The molecule has 3 heteroatoms. The number of likely N-dealkylation sites (tertiary alicyclic amines) is 1. The molecule has 16 heavy (non-hydrogen) atoms. The van der Waals surface area contributed by atoms with Crippen LogP contribution in [-0.2, 0) is 4.79 Å². The van der Waals surface area contributed by atoms with E-state index in [0.29, 0.717) is 0 Å². The first-order valence-corrected chi connectivity index (χ1v) is 6.28. The molecular formula is C13H25NO2. The van der Waals surface area contributed by atoms with Gasteiger partial charge in [0.05, 0.1) is 5.41 Å². The lowest BCUT2D eigenvalue weighted by molar-refractivity contribution is -0.147. The zero-order valence-electron chi connectivity index (χ0n) is 11.0. The van der Waals surface area contributed by atoms with Crippen LogP contribution in [0.2, 0.25) is 0 Å². The smallest absolute Gasteiger partial charge is 0.309 e. The zero-order chi connectivity index (χ0) is 12.3. The molecule has 0 spiro atoms. The average molecular weight is 227 g/mol. The minimum Gasteiger partial charge on any atom is -0.481 e. The Morgan fingerprint density at radius 2 is 2.00 bits per heavy atom. The summed E-state index contributed by atoms with van der Waals surface area (Å²) >= 11 is 0. The number of carbonyl (C=O) groups is 1. The van der Waals surface area contributed by atoms with E-state index in [1.54, 1.807) is 0 Å². The van der Waals surface area contributed by atoms with E-state index in [9.17, 15) is 4.79 Å². The number of hydrogen-bond acceptors (Lipinski definition) is 2. The summed E-state index contributed by atoms with van der Waals surface area (Å²) in [5.41, 5.74) is -0.591. The molecule has 3 nitrogen and oxygen atoms in total. The number of nitrogens with zero attached hydrogens (tertiary/aromatic N) is 1. The molecule has 0 aromatic rings. The molecule has 1 fully saturated rings. The predicted octanol–water partition coefficient (Wildman–Crippen LogP) is 2.47. The number of piperidine rings is 1. The van der Waals surface area contributed by atoms with Crippen molar-refractivity contribution in [3.63, 3.8) is 0 Å². The molecule has 0 amide bonds. The van der Waals surface area contributed by atoms with Gasteiger partial charge in [0, 0.05) is 6.54 Å². The van der Waals surface area contributed by atoms with Crippen LogP contribution in [0.3, 0.4) is 0 Å². The van der Waals surface area contributed by atoms with Crippen molar-refractivity contribution in [1.82, 2.24) is 4.90 Å². The quantitative estimate of drug-likeness (QED) is 0.802. The maximum atomic E-state index is 11.0. The molecule has 1 rings (SSSR count). The number of aliphatic carboxylic acids is 1. The van der Waals surface area contributed by atoms with Crippen LogP contribution in [0.4, 0.5) is 0 Å². The largest absolute Gasteiger partial charge is 0.481 e. The molecule has 1 N–H and O–H groups in total. The molecule has 1 aliphatic rings. The molecule has 0 saturated carbocycles. The van der Waals surface area contributed by atoms with Crippen LogP contribution in [0.5, 0.6) is 0 Å². The van der Waals surface area contributed by atoms with Gasteiger partial charge in [-0.1, -0.05) is 13.8 Å². The van der Waals surface area contributed by atoms with Gasteiger partial charge in [-0.25, -0.2) is 0 Å². The van der Waals surface area contributed by atoms with Crippen LogP contribution >= 0.6 is 0 Å². The third kappa shape index (κ3) is 3.48. The molecule has 2 atom stereocenters. The first kappa shape index (κ1) is 13.5. The lowest BCUT2D eigenvalue weighted by Crippen LogP contribution is -2.40. The van der Waals surface area contributed by atoms with E-state index in [4.69, 9.17) is 5.11 Å². The number of carboxylic acids is 1. The van der Waals surface area contributed by atoms with Gasteiger partial charge >= 0.3 is 5.97 Å². The Bertz CT molecular complexity index is 250. The SMILES string of the molecule is CC1CCN(CCC(C)(C)C(=O)O)CC1C. The Labute approximate surface area is 98.8 Å². The van der Waals surface area contributed by atoms with Crippen molar-refractivity contribution in [3.05, 3.63) is 0 Å². The summed E-state index contributed by atoms with van der Waals surface area (Å²) in [5.74, 6) is 0.858. The molecular weight excluding hydrogens is 202 g/mol. The first-order valence-electron chi connectivity index (χ1n) is 6.28. The van der Waals surface area contributed by atoms with Crippen molar-refractivity contribution in [3.8, 4) is 0 Å². The molecule has 1 saturated heterocycles. The van der Waals surface area contributed by atoms with Crippen LogP contribution in [0, 0.1) is 17.3 Å². The minimum absolute atomic E-state index is 0.591. The van der Waals surface area contributed by atoms with Crippen molar-refractivity contribution >= 4 is 5.97 Å². The second kappa shape index (κ2) is 5.17. The van der Waals surface area contributed by atoms with Crippen LogP contribution in [-0.4, -0.2) is 35.6 Å². The fourth-order valence-electron chi connectivity index (χ4n) is 2.10. The molecule has 0 aliphatic carbocycles. The van der Waals surface area contributed by atoms with Crippen molar-refractivity contribution in [2.24, 2.45) is 17.3 Å². The van der Waals surface area contributed by atoms with E-state index in [1.165, 1.54) is 6.42 Å². The normalized spacial score (nSPS) is 28.0. The van der Waals surface area contributed by atoms with E-state index in [-0.39, 0.29) is 0 Å². The van der Waals surface area contributed by atoms with Gasteiger partial charge in [0.2, 0.25) is 0 Å². The van der Waals surface area contributed by atoms with Gasteiger partial charge < -0.3 is 10.0 Å². The van der Waals surface area contributed by atoms with E-state index >= 15 is 0 Å². The highest BCUT2D eigenvalue weighted by Gasteiger charge is 2.29. The topological polar surface area (TPSA) is 40.5 Å². The Morgan fingerprint density at radius 3 is 2.50 bits per heavy atom. The van der Waals surface area contributed by atoms with Gasteiger partial charge in [-0.05, 0) is 51.6 Å². The van der Waals surface area contributed by atoms with Gasteiger partial charge in [0.25, 0.3) is 0 Å². The van der Waals surface area contributed by atoms with Crippen LogP contribution in [0.25, 0.3) is 0 Å². The summed E-state index contributed by atoms with van der Waals surface area (Å²) in [6.07, 6.45) is 1.98. The third-order valence-electron chi connectivity index (χ3n) is 4.05. The van der Waals surface area contributed by atoms with E-state index in [0.717, 1.165) is 37.9 Å². The fraction of sp³-hybridized carbons (Fsp3) is 0.923. The van der Waals surface area contributed by atoms with Crippen molar-refractivity contribution in [2.75, 3.05) is 19.6 Å². The summed E-state index contributed by atoms with van der Waals surface area (Å²) in [4.78, 5) is 13.4. The van der Waals surface area contributed by atoms with E-state index in [1.807, 2.05) is 13.8 Å². The molecule has 1 aliphatic heterocycles. The van der Waals surface area contributed by atoms with Crippen LogP contribution in [0.1, 0.15) is 40.5 Å². The third-order valence-corrected chi connectivity index (χ3v) is 4.05. The van der Waals surface area contributed by atoms with Gasteiger partial charge in [0.1, 0.15) is 0 Å². The second-order valence-corrected chi connectivity index (χ2v) is 5.98. The molecule has 2 unspecified atom stereocenters. The van der Waals surface area contributed by atoms with Gasteiger partial charge in [0.15, 0.2) is 0 Å². The van der Waals surface area contributed by atoms with Crippen LogP contribution < -0.4 is 0 Å². The van der Waals surface area contributed by atoms with Gasteiger partial charge in [-0.3, -0.25) is 4.79 Å². The lowest BCUT2D eigenvalue weighted by Gasteiger charge is -2.36. The van der Waals surface area contributed by atoms with E-state index < -0.39 is 11.4 Å². The molecule has 0 bridgehead atoms. The monoisotopic (exact) mass is 227 g/mol. The number of rotatable bonds is 4. The minimum atomic E-state index is -0.689. The highest BCUT2D eigenvalue weighted by atomic mass is 16.4. The van der Waals surface area contributed by atoms with Crippen molar-refractivity contribution < 1.29 is 9.90 Å². The second-order valence-electron chi connectivity index (χ2n) is 5.98. The standard InChI is InChI=1S/C13H25NO2/c1-10-5-7-14(9-11(10)2)8-6-13(3,4)12(15)16/h10-11H,5-9H2,1-4H3,(H,15,16). The Morgan fingerprint density at radius 1 is 1.38 bits per heavy atom. The van der Waals surface area contributed by atoms with E-state index in [2.05, 4.69) is 18.7 Å².